The Balaban J connectivity index is 1.81. The summed E-state index contributed by atoms with van der Waals surface area (Å²) in [5.41, 5.74) is 4.42. The molecule has 2 aromatic carbocycles. The van der Waals surface area contributed by atoms with Crippen LogP contribution in [0.1, 0.15) is 31.7 Å². The Hall–Kier alpha value is -1.60. The van der Waals surface area contributed by atoms with Crippen molar-refractivity contribution in [3.63, 3.8) is 0 Å². The lowest BCUT2D eigenvalue weighted by atomic mass is 9.56. The van der Waals surface area contributed by atoms with E-state index in [9.17, 15) is 0 Å². The van der Waals surface area contributed by atoms with Gasteiger partial charge in [0.25, 0.3) is 0 Å². The van der Waals surface area contributed by atoms with Gasteiger partial charge in [-0.2, -0.15) is 0 Å². The predicted molar refractivity (Wildman–Crippen MR) is 85.9 cm³/mol. The maximum atomic E-state index is 3.43. The molecule has 0 spiro atoms. The van der Waals surface area contributed by atoms with Crippen molar-refractivity contribution in [1.82, 2.24) is 5.32 Å². The van der Waals surface area contributed by atoms with Crippen LogP contribution in [0.4, 0.5) is 0 Å². The Kier molecular flexibility index (Phi) is 3.39. The van der Waals surface area contributed by atoms with Crippen molar-refractivity contribution < 1.29 is 0 Å². The van der Waals surface area contributed by atoms with Crippen LogP contribution in [0.25, 0.3) is 11.1 Å². The zero-order chi connectivity index (χ0) is 14.2. The van der Waals surface area contributed by atoms with Crippen molar-refractivity contribution in [2.75, 3.05) is 7.05 Å². The van der Waals surface area contributed by atoms with Crippen molar-refractivity contribution in [1.29, 1.82) is 0 Å². The lowest BCUT2D eigenvalue weighted by molar-refractivity contribution is 0.0752. The highest BCUT2D eigenvalue weighted by Crippen LogP contribution is 2.52. The van der Waals surface area contributed by atoms with E-state index in [1.165, 1.54) is 23.1 Å². The summed E-state index contributed by atoms with van der Waals surface area (Å²) in [6, 6.07) is 20.3. The van der Waals surface area contributed by atoms with Crippen LogP contribution < -0.4 is 5.32 Å². The molecule has 2 aromatic rings. The van der Waals surface area contributed by atoms with Crippen LogP contribution in [-0.4, -0.2) is 13.1 Å². The molecule has 0 heterocycles. The molecular weight excluding hydrogens is 242 g/mol. The first-order valence-electron chi connectivity index (χ1n) is 7.45. The van der Waals surface area contributed by atoms with E-state index >= 15 is 0 Å². The van der Waals surface area contributed by atoms with Crippen molar-refractivity contribution in [3.8, 4) is 11.1 Å². The second-order valence-electron chi connectivity index (χ2n) is 6.44. The van der Waals surface area contributed by atoms with Gasteiger partial charge in [0.15, 0.2) is 0 Å². The summed E-state index contributed by atoms with van der Waals surface area (Å²) in [5, 5.41) is 3.43. The van der Waals surface area contributed by atoms with Crippen molar-refractivity contribution in [2.24, 2.45) is 5.41 Å². The van der Waals surface area contributed by atoms with Gasteiger partial charge in [0.2, 0.25) is 0 Å². The van der Waals surface area contributed by atoms with Crippen LogP contribution in [0.15, 0.2) is 54.6 Å². The summed E-state index contributed by atoms with van der Waals surface area (Å²) in [5.74, 6) is 0.671. The molecule has 1 nitrogen and oxygen atoms in total. The first-order chi connectivity index (χ1) is 9.63. The van der Waals surface area contributed by atoms with Crippen LogP contribution in [-0.2, 0) is 0 Å². The Labute approximate surface area is 122 Å². The largest absolute Gasteiger partial charge is 0.316 e. The molecule has 0 radical (unpaired) electrons. The van der Waals surface area contributed by atoms with Crippen LogP contribution in [0.3, 0.4) is 0 Å². The third-order valence-electron chi connectivity index (χ3n) is 5.04. The monoisotopic (exact) mass is 265 g/mol. The maximum Gasteiger partial charge on any atom is 0.0127 e. The summed E-state index contributed by atoms with van der Waals surface area (Å²) in [7, 11) is 2.07. The van der Waals surface area contributed by atoms with E-state index in [4.69, 9.17) is 0 Å². The zero-order valence-electron chi connectivity index (χ0n) is 12.6. The van der Waals surface area contributed by atoms with Gasteiger partial charge in [0.1, 0.15) is 0 Å². The van der Waals surface area contributed by atoms with Crippen molar-refractivity contribution in [2.45, 2.75) is 32.2 Å². The molecule has 3 rings (SSSR count). The zero-order valence-corrected chi connectivity index (χ0v) is 12.6. The highest BCUT2D eigenvalue weighted by Gasteiger charge is 2.47. The van der Waals surface area contributed by atoms with E-state index in [1.807, 2.05) is 0 Å². The number of hydrogen-bond acceptors (Lipinski definition) is 1. The molecule has 2 unspecified atom stereocenters. The highest BCUT2D eigenvalue weighted by atomic mass is 14.9. The van der Waals surface area contributed by atoms with E-state index in [1.54, 1.807) is 0 Å². The molecule has 0 aromatic heterocycles. The minimum atomic E-state index is 0.350. The molecule has 1 aliphatic carbocycles. The predicted octanol–water partition coefficient (Wildman–Crippen LogP) is 4.46. The molecule has 20 heavy (non-hydrogen) atoms. The highest BCUT2D eigenvalue weighted by molar-refractivity contribution is 5.63. The topological polar surface area (TPSA) is 12.0 Å². The van der Waals surface area contributed by atoms with Crippen molar-refractivity contribution >= 4 is 0 Å². The van der Waals surface area contributed by atoms with E-state index in [-0.39, 0.29) is 0 Å². The SMILES string of the molecule is CNC1CC(c2ccc(-c3ccccc3)cc2)C1(C)C. The van der Waals surface area contributed by atoms with Gasteiger partial charge in [-0.25, -0.2) is 0 Å². The molecule has 0 amide bonds. The molecule has 0 bridgehead atoms. The van der Waals surface area contributed by atoms with Gasteiger partial charge in [-0.1, -0.05) is 68.4 Å². The molecule has 1 heteroatoms. The molecule has 0 saturated heterocycles. The summed E-state index contributed by atoms with van der Waals surface area (Å²) in [4.78, 5) is 0. The molecule has 0 aliphatic heterocycles. The summed E-state index contributed by atoms with van der Waals surface area (Å²) < 4.78 is 0. The number of rotatable bonds is 3. The summed E-state index contributed by atoms with van der Waals surface area (Å²) in [6.07, 6.45) is 1.24. The van der Waals surface area contributed by atoms with E-state index in [0.29, 0.717) is 17.4 Å². The third kappa shape index (κ3) is 2.16. The molecule has 1 fully saturated rings. The minimum absolute atomic E-state index is 0.350. The lowest BCUT2D eigenvalue weighted by Gasteiger charge is -2.52. The fraction of sp³-hybridized carbons (Fsp3) is 0.368. The first-order valence-corrected chi connectivity index (χ1v) is 7.45. The van der Waals surface area contributed by atoms with E-state index in [2.05, 4.69) is 80.8 Å². The smallest absolute Gasteiger partial charge is 0.0127 e. The van der Waals surface area contributed by atoms with Gasteiger partial charge >= 0.3 is 0 Å². The van der Waals surface area contributed by atoms with Gasteiger partial charge in [-0.05, 0) is 41.5 Å². The van der Waals surface area contributed by atoms with Gasteiger partial charge in [0, 0.05) is 6.04 Å². The number of nitrogens with one attached hydrogen (secondary N) is 1. The second kappa shape index (κ2) is 5.06. The van der Waals surface area contributed by atoms with Crippen LogP contribution >= 0.6 is 0 Å². The fourth-order valence-corrected chi connectivity index (χ4v) is 3.52. The fourth-order valence-electron chi connectivity index (χ4n) is 3.52. The average molecular weight is 265 g/mol. The van der Waals surface area contributed by atoms with E-state index in [0.717, 1.165) is 0 Å². The average Bonchev–Trinajstić information content (AvgIpc) is 2.48. The molecule has 2 atom stereocenters. The number of benzene rings is 2. The molecule has 1 aliphatic rings. The Bertz CT molecular complexity index is 568. The van der Waals surface area contributed by atoms with Crippen LogP contribution in [0.5, 0.6) is 0 Å². The number of hydrogen-bond donors (Lipinski definition) is 1. The summed E-state index contributed by atoms with van der Waals surface area (Å²) >= 11 is 0. The molecular formula is C19H23N. The van der Waals surface area contributed by atoms with Gasteiger partial charge < -0.3 is 5.32 Å². The van der Waals surface area contributed by atoms with E-state index < -0.39 is 0 Å². The minimum Gasteiger partial charge on any atom is -0.316 e. The Morgan fingerprint density at radius 1 is 0.900 bits per heavy atom. The molecule has 1 N–H and O–H groups in total. The summed E-state index contributed by atoms with van der Waals surface area (Å²) in [6.45, 7) is 4.74. The molecule has 104 valence electrons. The van der Waals surface area contributed by atoms with Crippen LogP contribution in [0, 0.1) is 5.41 Å². The van der Waals surface area contributed by atoms with Gasteiger partial charge in [-0.3, -0.25) is 0 Å². The second-order valence-corrected chi connectivity index (χ2v) is 6.44. The van der Waals surface area contributed by atoms with Crippen molar-refractivity contribution in [3.05, 3.63) is 60.2 Å². The molecule has 1 saturated carbocycles. The maximum absolute atomic E-state index is 3.43. The lowest BCUT2D eigenvalue weighted by Crippen LogP contribution is -2.54. The Morgan fingerprint density at radius 2 is 1.50 bits per heavy atom. The Morgan fingerprint density at radius 3 is 2.05 bits per heavy atom. The van der Waals surface area contributed by atoms with Gasteiger partial charge in [0.05, 0.1) is 0 Å². The van der Waals surface area contributed by atoms with Gasteiger partial charge in [-0.15, -0.1) is 0 Å². The normalized spacial score (nSPS) is 24.1. The quantitative estimate of drug-likeness (QED) is 0.864. The third-order valence-corrected chi connectivity index (χ3v) is 5.04. The standard InChI is InChI=1S/C19H23N/c1-19(2)17(13-18(19)20-3)16-11-9-15(10-12-16)14-7-5-4-6-8-14/h4-12,17-18,20H,13H2,1-3H3. The first kappa shape index (κ1) is 13.4. The van der Waals surface area contributed by atoms with Crippen LogP contribution in [0.2, 0.25) is 0 Å².